The molecule has 0 atom stereocenters. The third-order valence-corrected chi connectivity index (χ3v) is 4.62. The first-order valence-corrected chi connectivity index (χ1v) is 8.63. The van der Waals surface area contributed by atoms with E-state index >= 15 is 0 Å². The molecule has 0 N–H and O–H groups in total. The van der Waals surface area contributed by atoms with Crippen molar-refractivity contribution in [2.75, 3.05) is 0 Å². The topological polar surface area (TPSA) is 22.4 Å². The van der Waals surface area contributed by atoms with Crippen LogP contribution in [-0.4, -0.2) is 0 Å². The van der Waals surface area contributed by atoms with Crippen molar-refractivity contribution in [2.45, 2.75) is 60.8 Å². The van der Waals surface area contributed by atoms with Gasteiger partial charge in [-0.15, -0.1) is 0 Å². The number of allylic oxidation sites excluding steroid dienone is 3. The van der Waals surface area contributed by atoms with Gasteiger partial charge < -0.3 is 9.15 Å². The third kappa shape index (κ3) is 2.90. The quantitative estimate of drug-likeness (QED) is 0.534. The Hall–Kier alpha value is -1.96. The minimum Gasteiger partial charge on any atom is -0.430 e. The van der Waals surface area contributed by atoms with Crippen molar-refractivity contribution in [3.05, 3.63) is 46.2 Å². The molecule has 1 aromatic heterocycles. The van der Waals surface area contributed by atoms with Crippen molar-refractivity contribution >= 4 is 17.0 Å². The third-order valence-electron chi connectivity index (χ3n) is 4.62. The summed E-state index contributed by atoms with van der Waals surface area (Å²) in [5.41, 5.74) is 5.84. The highest BCUT2D eigenvalue weighted by Crippen LogP contribution is 2.42. The van der Waals surface area contributed by atoms with Crippen LogP contribution in [-0.2, 0) is 5.41 Å². The Kier molecular flexibility index (Phi) is 3.71. The molecule has 0 fully saturated rings. The standard InChI is InChI=1S/C22H28O2/c1-13-9-15(21(3,4)5)11-17-18-12-16(22(6,7)8)10-14(2)23-20(18)24-19(13)17/h9-12H,1-8H3. The van der Waals surface area contributed by atoms with Crippen molar-refractivity contribution in [1.82, 2.24) is 0 Å². The summed E-state index contributed by atoms with van der Waals surface area (Å²) in [6.45, 7) is 17.5. The van der Waals surface area contributed by atoms with Gasteiger partial charge in [0.05, 0.1) is 5.56 Å². The number of hydrogen-bond acceptors (Lipinski definition) is 2. The lowest BCUT2D eigenvalue weighted by Gasteiger charge is -2.20. The van der Waals surface area contributed by atoms with Crippen LogP contribution in [0, 0.1) is 12.3 Å². The van der Waals surface area contributed by atoms with Crippen molar-refractivity contribution in [3.63, 3.8) is 0 Å². The second-order valence-corrected chi connectivity index (χ2v) is 8.93. The zero-order valence-electron chi connectivity index (χ0n) is 16.1. The predicted octanol–water partition coefficient (Wildman–Crippen LogP) is 6.76. The molecule has 0 unspecified atom stereocenters. The van der Waals surface area contributed by atoms with Crippen molar-refractivity contribution in [1.29, 1.82) is 0 Å². The van der Waals surface area contributed by atoms with Gasteiger partial charge in [0.2, 0.25) is 0 Å². The first-order chi connectivity index (χ1) is 11.0. The fraction of sp³-hybridized carbons (Fsp3) is 0.455. The van der Waals surface area contributed by atoms with E-state index in [2.05, 4.69) is 72.8 Å². The van der Waals surface area contributed by atoms with Crippen LogP contribution in [0.15, 0.2) is 34.0 Å². The van der Waals surface area contributed by atoms with E-state index in [1.807, 2.05) is 6.92 Å². The minimum atomic E-state index is 0.0481. The lowest BCUT2D eigenvalue weighted by molar-refractivity contribution is 0.326. The van der Waals surface area contributed by atoms with Gasteiger partial charge in [-0.2, -0.15) is 0 Å². The van der Waals surface area contributed by atoms with E-state index in [0.717, 1.165) is 27.9 Å². The molecule has 1 aliphatic rings. The second-order valence-electron chi connectivity index (χ2n) is 8.93. The Morgan fingerprint density at radius 3 is 2.08 bits per heavy atom. The van der Waals surface area contributed by atoms with Crippen LogP contribution < -0.4 is 4.74 Å². The maximum atomic E-state index is 6.09. The molecule has 2 heteroatoms. The molecule has 0 aliphatic carbocycles. The fourth-order valence-electron chi connectivity index (χ4n) is 3.04. The van der Waals surface area contributed by atoms with E-state index in [9.17, 15) is 0 Å². The van der Waals surface area contributed by atoms with E-state index in [0.29, 0.717) is 5.95 Å². The molecule has 0 amide bonds. The highest BCUT2D eigenvalue weighted by Gasteiger charge is 2.25. The molecule has 3 rings (SSSR count). The first kappa shape index (κ1) is 16.9. The molecule has 1 aromatic carbocycles. The number of fused-ring (bicyclic) bond motifs is 3. The molecule has 128 valence electrons. The van der Waals surface area contributed by atoms with Gasteiger partial charge in [-0.3, -0.25) is 0 Å². The Bertz CT molecular complexity index is 862. The maximum Gasteiger partial charge on any atom is 0.298 e. The van der Waals surface area contributed by atoms with Crippen molar-refractivity contribution < 1.29 is 9.15 Å². The summed E-state index contributed by atoms with van der Waals surface area (Å²) in [4.78, 5) is 0. The maximum absolute atomic E-state index is 6.09. The van der Waals surface area contributed by atoms with Gasteiger partial charge in [-0.1, -0.05) is 47.6 Å². The van der Waals surface area contributed by atoms with E-state index in [1.165, 1.54) is 11.1 Å². The monoisotopic (exact) mass is 324 g/mol. The minimum absolute atomic E-state index is 0.0481. The molecule has 2 heterocycles. The summed E-state index contributed by atoms with van der Waals surface area (Å²) in [6, 6.07) is 4.48. The summed E-state index contributed by atoms with van der Waals surface area (Å²) in [5.74, 6) is 1.47. The normalized spacial score (nSPS) is 15.5. The fourth-order valence-corrected chi connectivity index (χ4v) is 3.04. The molecule has 0 bridgehead atoms. The van der Waals surface area contributed by atoms with Gasteiger partial charge in [0, 0.05) is 5.39 Å². The summed E-state index contributed by atoms with van der Waals surface area (Å²) in [7, 11) is 0. The van der Waals surface area contributed by atoms with E-state index in [-0.39, 0.29) is 10.8 Å². The van der Waals surface area contributed by atoms with Crippen LogP contribution in [0.5, 0.6) is 5.95 Å². The zero-order chi connectivity index (χ0) is 17.9. The predicted molar refractivity (Wildman–Crippen MR) is 101 cm³/mol. The van der Waals surface area contributed by atoms with E-state index in [1.54, 1.807) is 0 Å². The number of aryl methyl sites for hydroxylation is 1. The highest BCUT2D eigenvalue weighted by atomic mass is 16.6. The summed E-state index contributed by atoms with van der Waals surface area (Å²) < 4.78 is 12.1. The largest absolute Gasteiger partial charge is 0.430 e. The lowest BCUT2D eigenvalue weighted by atomic mass is 9.83. The lowest BCUT2D eigenvalue weighted by Crippen LogP contribution is -2.11. The number of rotatable bonds is 0. The van der Waals surface area contributed by atoms with Gasteiger partial charge >= 0.3 is 0 Å². The molecule has 0 saturated carbocycles. The molecule has 24 heavy (non-hydrogen) atoms. The van der Waals surface area contributed by atoms with Gasteiger partial charge in [-0.25, -0.2) is 0 Å². The Balaban J connectivity index is 2.32. The molecule has 2 aromatic rings. The van der Waals surface area contributed by atoms with Crippen LogP contribution in [0.3, 0.4) is 0 Å². The molecular formula is C22H28O2. The molecule has 0 saturated heterocycles. The highest BCUT2D eigenvalue weighted by molar-refractivity contribution is 5.93. The number of benzene rings is 1. The molecular weight excluding hydrogens is 296 g/mol. The second kappa shape index (κ2) is 5.27. The van der Waals surface area contributed by atoms with Crippen LogP contribution in [0.1, 0.15) is 65.2 Å². The van der Waals surface area contributed by atoms with Gasteiger partial charge in [-0.05, 0) is 59.6 Å². The van der Waals surface area contributed by atoms with Crippen LogP contribution in [0.25, 0.3) is 17.0 Å². The Labute approximate surface area is 145 Å². The Morgan fingerprint density at radius 1 is 0.833 bits per heavy atom. The number of furan rings is 1. The summed E-state index contributed by atoms with van der Waals surface area (Å²) in [6.07, 6.45) is 4.34. The first-order valence-electron chi connectivity index (χ1n) is 8.63. The van der Waals surface area contributed by atoms with E-state index in [4.69, 9.17) is 9.15 Å². The van der Waals surface area contributed by atoms with Gasteiger partial charge in [0.1, 0.15) is 11.3 Å². The number of ether oxygens (including phenoxy) is 1. The van der Waals surface area contributed by atoms with Crippen molar-refractivity contribution in [2.24, 2.45) is 5.41 Å². The smallest absolute Gasteiger partial charge is 0.298 e. The van der Waals surface area contributed by atoms with Crippen LogP contribution >= 0.6 is 0 Å². The molecule has 2 nitrogen and oxygen atoms in total. The van der Waals surface area contributed by atoms with Crippen LogP contribution in [0.4, 0.5) is 0 Å². The van der Waals surface area contributed by atoms with Gasteiger partial charge in [0.25, 0.3) is 5.95 Å². The van der Waals surface area contributed by atoms with Crippen molar-refractivity contribution in [3.8, 4) is 5.95 Å². The van der Waals surface area contributed by atoms with E-state index < -0.39 is 0 Å². The molecule has 0 radical (unpaired) electrons. The average molecular weight is 324 g/mol. The zero-order valence-corrected chi connectivity index (χ0v) is 16.1. The molecule has 1 aliphatic heterocycles. The van der Waals surface area contributed by atoms with Crippen LogP contribution in [0.2, 0.25) is 0 Å². The number of hydrogen-bond donors (Lipinski definition) is 0. The SMILES string of the molecule is CC1=CC(C(C)(C)C)=Cc2c(oc3c(C)cc(C(C)(C)C)cc23)O1. The average Bonchev–Trinajstić information content (AvgIpc) is 2.65. The summed E-state index contributed by atoms with van der Waals surface area (Å²) in [5, 5.41) is 1.14. The molecule has 0 spiro atoms. The van der Waals surface area contributed by atoms with Gasteiger partial charge in [0.15, 0.2) is 0 Å². The Morgan fingerprint density at radius 2 is 1.50 bits per heavy atom. The summed E-state index contributed by atoms with van der Waals surface area (Å²) >= 11 is 0.